The van der Waals surface area contributed by atoms with Gasteiger partial charge < -0.3 is 8.98 Å². The highest BCUT2D eigenvalue weighted by Gasteiger charge is 2.15. The number of furan rings is 1. The molecule has 6 aromatic rings. The van der Waals surface area contributed by atoms with Crippen LogP contribution in [0.2, 0.25) is 0 Å². The van der Waals surface area contributed by atoms with Gasteiger partial charge in [-0.3, -0.25) is 0 Å². The lowest BCUT2D eigenvalue weighted by atomic mass is 10.1. The van der Waals surface area contributed by atoms with Crippen molar-refractivity contribution in [3.63, 3.8) is 0 Å². The molecule has 4 aromatic carbocycles. The second-order valence-corrected chi connectivity index (χ2v) is 6.68. The lowest BCUT2D eigenvalue weighted by molar-refractivity contribution is 0.616. The quantitative estimate of drug-likeness (QED) is 0.328. The molecule has 0 fully saturated rings. The van der Waals surface area contributed by atoms with Crippen LogP contribution in [0.1, 0.15) is 0 Å². The van der Waals surface area contributed by atoms with Crippen molar-refractivity contribution in [1.82, 2.24) is 4.57 Å². The van der Waals surface area contributed by atoms with Crippen molar-refractivity contribution < 1.29 is 4.42 Å². The average molecular weight is 333 g/mol. The van der Waals surface area contributed by atoms with E-state index in [1.807, 2.05) is 6.07 Å². The minimum atomic E-state index is 0.918. The van der Waals surface area contributed by atoms with Crippen LogP contribution in [-0.2, 0) is 0 Å². The molecule has 0 saturated heterocycles. The maximum atomic E-state index is 5.69. The van der Waals surface area contributed by atoms with Crippen LogP contribution in [0.4, 0.5) is 0 Å². The molecule has 0 bridgehead atoms. The van der Waals surface area contributed by atoms with Crippen LogP contribution in [0.5, 0.6) is 0 Å². The van der Waals surface area contributed by atoms with Gasteiger partial charge in [-0.1, -0.05) is 54.6 Å². The molecule has 0 N–H and O–H groups in total. The number of para-hydroxylation sites is 1. The summed E-state index contributed by atoms with van der Waals surface area (Å²) < 4.78 is 8.04. The standard InChI is InChI=1S/C24H15NO/c1-2-8-18-16(6-1)7-5-11-21(18)25-22-10-4-3-9-19(22)20-14-17-12-13-26-24(17)15-23(20)25/h1-15H. The van der Waals surface area contributed by atoms with E-state index in [-0.39, 0.29) is 0 Å². The van der Waals surface area contributed by atoms with Gasteiger partial charge in [-0.2, -0.15) is 0 Å². The van der Waals surface area contributed by atoms with Crippen molar-refractivity contribution in [3.8, 4) is 5.69 Å². The highest BCUT2D eigenvalue weighted by molar-refractivity contribution is 6.13. The SMILES string of the molecule is c1ccc2c(-n3c4ccccc4c4cc5ccoc5cc43)cccc2c1. The summed E-state index contributed by atoms with van der Waals surface area (Å²) in [4.78, 5) is 0. The van der Waals surface area contributed by atoms with E-state index in [4.69, 9.17) is 4.42 Å². The third-order valence-corrected chi connectivity index (χ3v) is 5.25. The predicted octanol–water partition coefficient (Wildman–Crippen LogP) is 6.68. The van der Waals surface area contributed by atoms with Crippen molar-refractivity contribution in [2.45, 2.75) is 0 Å². The first-order chi connectivity index (χ1) is 12.9. The zero-order chi connectivity index (χ0) is 17.1. The van der Waals surface area contributed by atoms with E-state index in [9.17, 15) is 0 Å². The molecule has 0 amide bonds. The zero-order valence-corrected chi connectivity index (χ0v) is 14.0. The Hall–Kier alpha value is -3.52. The molecule has 0 unspecified atom stereocenters. The minimum absolute atomic E-state index is 0.918. The Morgan fingerprint density at radius 3 is 2.35 bits per heavy atom. The van der Waals surface area contributed by atoms with Crippen LogP contribution >= 0.6 is 0 Å². The van der Waals surface area contributed by atoms with Crippen LogP contribution in [-0.4, -0.2) is 4.57 Å². The third kappa shape index (κ3) is 1.76. The smallest absolute Gasteiger partial charge is 0.135 e. The molecular formula is C24H15NO. The molecule has 2 heterocycles. The zero-order valence-electron chi connectivity index (χ0n) is 14.0. The van der Waals surface area contributed by atoms with Crippen molar-refractivity contribution >= 4 is 43.5 Å². The summed E-state index contributed by atoms with van der Waals surface area (Å²) in [5.41, 5.74) is 4.50. The van der Waals surface area contributed by atoms with Crippen LogP contribution in [0.15, 0.2) is 95.6 Å². The van der Waals surface area contributed by atoms with Gasteiger partial charge in [-0.05, 0) is 29.7 Å². The average Bonchev–Trinajstić information content (AvgIpc) is 3.27. The molecule has 0 aliphatic heterocycles. The number of aromatic nitrogens is 1. The van der Waals surface area contributed by atoms with Gasteiger partial charge in [-0.25, -0.2) is 0 Å². The number of hydrogen-bond donors (Lipinski definition) is 0. The van der Waals surface area contributed by atoms with Crippen LogP contribution in [0.3, 0.4) is 0 Å². The normalized spacial score (nSPS) is 11.8. The minimum Gasteiger partial charge on any atom is -0.464 e. The fourth-order valence-corrected chi connectivity index (χ4v) is 4.09. The Balaban J connectivity index is 1.87. The first kappa shape index (κ1) is 13.7. The first-order valence-corrected chi connectivity index (χ1v) is 8.79. The van der Waals surface area contributed by atoms with Crippen LogP contribution in [0.25, 0.3) is 49.2 Å². The summed E-state index contributed by atoms with van der Waals surface area (Å²) in [6.45, 7) is 0. The van der Waals surface area contributed by atoms with Gasteiger partial charge in [0.2, 0.25) is 0 Å². The van der Waals surface area contributed by atoms with E-state index >= 15 is 0 Å². The van der Waals surface area contributed by atoms with Crippen molar-refractivity contribution in [2.24, 2.45) is 0 Å². The maximum absolute atomic E-state index is 5.69. The van der Waals surface area contributed by atoms with Gasteiger partial charge in [0.05, 0.1) is 23.0 Å². The summed E-state index contributed by atoms with van der Waals surface area (Å²) in [7, 11) is 0. The molecule has 0 spiro atoms. The Labute approximate surface area is 149 Å². The number of nitrogens with zero attached hydrogens (tertiary/aromatic N) is 1. The number of fused-ring (bicyclic) bond motifs is 5. The summed E-state index contributed by atoms with van der Waals surface area (Å²) >= 11 is 0. The first-order valence-electron chi connectivity index (χ1n) is 8.79. The van der Waals surface area contributed by atoms with Gasteiger partial charge in [-0.15, -0.1) is 0 Å². The van der Waals surface area contributed by atoms with Crippen molar-refractivity contribution in [2.75, 3.05) is 0 Å². The van der Waals surface area contributed by atoms with Gasteiger partial charge in [0.25, 0.3) is 0 Å². The molecule has 0 radical (unpaired) electrons. The Morgan fingerprint density at radius 2 is 1.38 bits per heavy atom. The van der Waals surface area contributed by atoms with E-state index in [1.54, 1.807) is 6.26 Å². The van der Waals surface area contributed by atoms with E-state index < -0.39 is 0 Å². The molecule has 122 valence electrons. The Bertz CT molecular complexity index is 1430. The molecule has 2 nitrogen and oxygen atoms in total. The highest BCUT2D eigenvalue weighted by Crippen LogP contribution is 2.36. The highest BCUT2D eigenvalue weighted by atomic mass is 16.3. The summed E-state index contributed by atoms with van der Waals surface area (Å²) in [6.07, 6.45) is 1.76. The predicted molar refractivity (Wildman–Crippen MR) is 108 cm³/mol. The van der Waals surface area contributed by atoms with Gasteiger partial charge in [0.15, 0.2) is 0 Å². The number of benzene rings is 4. The number of rotatable bonds is 1. The topological polar surface area (TPSA) is 18.1 Å². The van der Waals surface area contributed by atoms with Crippen LogP contribution in [0, 0.1) is 0 Å². The van der Waals surface area contributed by atoms with E-state index in [2.05, 4.69) is 83.4 Å². The molecule has 26 heavy (non-hydrogen) atoms. The van der Waals surface area contributed by atoms with Gasteiger partial charge >= 0.3 is 0 Å². The second kappa shape index (κ2) is 4.99. The Morgan fingerprint density at radius 1 is 0.577 bits per heavy atom. The lowest BCUT2D eigenvalue weighted by Crippen LogP contribution is -1.94. The summed E-state index contributed by atoms with van der Waals surface area (Å²) in [5.74, 6) is 0. The van der Waals surface area contributed by atoms with E-state index in [0.29, 0.717) is 0 Å². The van der Waals surface area contributed by atoms with Crippen LogP contribution < -0.4 is 0 Å². The fourth-order valence-electron chi connectivity index (χ4n) is 4.09. The van der Waals surface area contributed by atoms with E-state index in [1.165, 1.54) is 38.3 Å². The van der Waals surface area contributed by atoms with Gasteiger partial charge in [0.1, 0.15) is 5.58 Å². The molecule has 6 rings (SSSR count). The summed E-state index contributed by atoms with van der Waals surface area (Å²) in [6, 6.07) is 30.1. The van der Waals surface area contributed by atoms with Crippen molar-refractivity contribution in [3.05, 3.63) is 91.2 Å². The lowest BCUT2D eigenvalue weighted by Gasteiger charge is -2.11. The number of hydrogen-bond acceptors (Lipinski definition) is 1. The monoisotopic (exact) mass is 333 g/mol. The molecule has 2 heteroatoms. The Kier molecular flexibility index (Phi) is 2.64. The largest absolute Gasteiger partial charge is 0.464 e. The van der Waals surface area contributed by atoms with Crippen molar-refractivity contribution in [1.29, 1.82) is 0 Å². The maximum Gasteiger partial charge on any atom is 0.135 e. The second-order valence-electron chi connectivity index (χ2n) is 6.68. The molecule has 0 saturated carbocycles. The third-order valence-electron chi connectivity index (χ3n) is 5.25. The van der Waals surface area contributed by atoms with Gasteiger partial charge in [0, 0.05) is 27.6 Å². The molecule has 2 aromatic heterocycles. The molecule has 0 aliphatic rings. The molecular weight excluding hydrogens is 318 g/mol. The fraction of sp³-hybridized carbons (Fsp3) is 0. The molecule has 0 aliphatic carbocycles. The summed E-state index contributed by atoms with van der Waals surface area (Å²) in [5, 5.41) is 6.14. The molecule has 0 atom stereocenters. The van der Waals surface area contributed by atoms with E-state index in [0.717, 1.165) is 11.0 Å².